The molecule has 0 bridgehead atoms. The van der Waals surface area contributed by atoms with Gasteiger partial charge in [0, 0.05) is 13.1 Å². The summed E-state index contributed by atoms with van der Waals surface area (Å²) in [6.45, 7) is 1.22. The Bertz CT molecular complexity index is 1140. The van der Waals surface area contributed by atoms with E-state index in [0.29, 0.717) is 25.9 Å². The molecule has 1 saturated heterocycles. The third kappa shape index (κ3) is 4.43. The number of carbonyl (C=O) groups is 2. The number of hydrogen-bond donors (Lipinski definition) is 1. The van der Waals surface area contributed by atoms with Crippen molar-refractivity contribution in [3.8, 4) is 0 Å². The number of nitrogens with zero attached hydrogens (tertiary/aromatic N) is 1. The summed E-state index contributed by atoms with van der Waals surface area (Å²) >= 11 is 0. The summed E-state index contributed by atoms with van der Waals surface area (Å²) in [5.74, 6) is 0.0534. The van der Waals surface area contributed by atoms with Gasteiger partial charge in [0.25, 0.3) is 0 Å². The van der Waals surface area contributed by atoms with E-state index in [1.54, 1.807) is 4.90 Å². The van der Waals surface area contributed by atoms with Gasteiger partial charge in [0.1, 0.15) is 6.61 Å². The van der Waals surface area contributed by atoms with Crippen LogP contribution in [-0.2, 0) is 28.0 Å². The van der Waals surface area contributed by atoms with Crippen LogP contribution in [0.2, 0.25) is 0 Å². The first kappa shape index (κ1) is 22.2. The molecule has 174 valence electrons. The summed E-state index contributed by atoms with van der Waals surface area (Å²) in [4.78, 5) is 28.3. The average molecular weight is 455 g/mol. The van der Waals surface area contributed by atoms with Crippen molar-refractivity contribution in [2.45, 2.75) is 43.7 Å². The molecule has 1 atom stereocenters. The van der Waals surface area contributed by atoms with Crippen molar-refractivity contribution in [1.29, 1.82) is 0 Å². The lowest BCUT2D eigenvalue weighted by Gasteiger charge is -2.41. The zero-order chi connectivity index (χ0) is 23.4. The van der Waals surface area contributed by atoms with E-state index < -0.39 is 5.41 Å². The molecule has 1 N–H and O–H groups in total. The molecular formula is C29H30N2O3. The summed E-state index contributed by atoms with van der Waals surface area (Å²) in [5.41, 5.74) is 3.85. The second-order valence-corrected chi connectivity index (χ2v) is 9.24. The number of aryl methyl sites for hydroxylation is 1. The highest BCUT2D eigenvalue weighted by Crippen LogP contribution is 2.38. The Morgan fingerprint density at radius 1 is 0.882 bits per heavy atom. The number of hydrogen-bond acceptors (Lipinski definition) is 3. The first-order valence-corrected chi connectivity index (χ1v) is 12.1. The number of likely N-dealkylation sites (tertiary alicyclic amines) is 1. The van der Waals surface area contributed by atoms with E-state index in [2.05, 4.69) is 23.5 Å². The molecule has 1 unspecified atom stereocenters. The molecule has 5 rings (SSSR count). The van der Waals surface area contributed by atoms with Gasteiger partial charge in [0.15, 0.2) is 0 Å². The summed E-state index contributed by atoms with van der Waals surface area (Å²) in [7, 11) is 0. The molecule has 1 fully saturated rings. The molecule has 1 aliphatic heterocycles. The predicted molar refractivity (Wildman–Crippen MR) is 131 cm³/mol. The molecular weight excluding hydrogens is 424 g/mol. The van der Waals surface area contributed by atoms with Gasteiger partial charge >= 0.3 is 6.09 Å². The molecule has 2 amide bonds. The van der Waals surface area contributed by atoms with E-state index >= 15 is 0 Å². The van der Waals surface area contributed by atoms with Crippen molar-refractivity contribution >= 4 is 12.0 Å². The van der Waals surface area contributed by atoms with E-state index in [1.165, 1.54) is 11.1 Å². The van der Waals surface area contributed by atoms with Crippen LogP contribution in [-0.4, -0.2) is 30.0 Å². The first-order valence-electron chi connectivity index (χ1n) is 12.1. The second-order valence-electron chi connectivity index (χ2n) is 9.24. The summed E-state index contributed by atoms with van der Waals surface area (Å²) in [6, 6.07) is 28.1. The number of carbonyl (C=O) groups excluding carboxylic acids is 2. The van der Waals surface area contributed by atoms with E-state index in [9.17, 15) is 9.59 Å². The highest BCUT2D eigenvalue weighted by atomic mass is 16.6. The van der Waals surface area contributed by atoms with Crippen molar-refractivity contribution in [2.75, 3.05) is 13.1 Å². The van der Waals surface area contributed by atoms with Gasteiger partial charge < -0.3 is 15.0 Å². The highest BCUT2D eigenvalue weighted by Gasteiger charge is 2.45. The monoisotopic (exact) mass is 454 g/mol. The lowest BCUT2D eigenvalue weighted by molar-refractivity contribution is -0.129. The Labute approximate surface area is 200 Å². The molecule has 5 nitrogen and oxygen atoms in total. The molecule has 0 saturated carbocycles. The van der Waals surface area contributed by atoms with Gasteiger partial charge in [-0.15, -0.1) is 0 Å². The van der Waals surface area contributed by atoms with Crippen molar-refractivity contribution in [3.05, 3.63) is 107 Å². The molecule has 0 spiro atoms. The number of piperidine rings is 1. The maximum Gasteiger partial charge on any atom is 0.410 e. The van der Waals surface area contributed by atoms with E-state index in [1.807, 2.05) is 66.7 Å². The van der Waals surface area contributed by atoms with Crippen LogP contribution in [0.3, 0.4) is 0 Å². The number of ether oxygens (including phenoxy) is 1. The minimum absolute atomic E-state index is 0.0400. The highest BCUT2D eigenvalue weighted by molar-refractivity contribution is 5.89. The Kier molecular flexibility index (Phi) is 6.35. The van der Waals surface area contributed by atoms with Crippen LogP contribution in [0.5, 0.6) is 0 Å². The second kappa shape index (κ2) is 9.72. The lowest BCUT2D eigenvalue weighted by Crippen LogP contribution is -2.53. The Hall–Kier alpha value is -3.60. The first-order chi connectivity index (χ1) is 16.7. The number of amides is 2. The zero-order valence-electron chi connectivity index (χ0n) is 19.3. The van der Waals surface area contributed by atoms with Crippen molar-refractivity contribution in [3.63, 3.8) is 0 Å². The zero-order valence-corrected chi connectivity index (χ0v) is 19.3. The number of nitrogens with one attached hydrogen (secondary N) is 1. The lowest BCUT2D eigenvalue weighted by atomic mass is 9.71. The number of rotatable bonds is 5. The van der Waals surface area contributed by atoms with Crippen LogP contribution in [0, 0.1) is 0 Å². The Morgan fingerprint density at radius 2 is 1.53 bits per heavy atom. The molecule has 5 heteroatoms. The largest absolute Gasteiger partial charge is 0.445 e. The molecule has 1 aliphatic carbocycles. The fourth-order valence-corrected chi connectivity index (χ4v) is 5.29. The quantitative estimate of drug-likeness (QED) is 0.579. The normalized spacial score (nSPS) is 18.7. The van der Waals surface area contributed by atoms with Crippen LogP contribution in [0.1, 0.15) is 47.6 Å². The summed E-state index contributed by atoms with van der Waals surface area (Å²) in [6.07, 6.45) is 2.72. The van der Waals surface area contributed by atoms with Gasteiger partial charge in [-0.1, -0.05) is 84.9 Å². The predicted octanol–water partition coefficient (Wildman–Crippen LogP) is 5.16. The SMILES string of the molecule is O=C(OCc1ccccc1)N1CCC(C(=O)NC2CCc3ccccc32)(c2ccccc2)CC1. The summed E-state index contributed by atoms with van der Waals surface area (Å²) in [5, 5.41) is 3.36. The van der Waals surface area contributed by atoms with Crippen LogP contribution in [0.25, 0.3) is 0 Å². The molecule has 0 aromatic heterocycles. The van der Waals surface area contributed by atoms with E-state index in [4.69, 9.17) is 4.74 Å². The maximum absolute atomic E-state index is 13.8. The van der Waals surface area contributed by atoms with Gasteiger partial charge in [-0.3, -0.25) is 4.79 Å². The summed E-state index contributed by atoms with van der Waals surface area (Å²) < 4.78 is 5.54. The van der Waals surface area contributed by atoms with E-state index in [0.717, 1.165) is 24.0 Å². The third-order valence-corrected chi connectivity index (χ3v) is 7.28. The van der Waals surface area contributed by atoms with Crippen LogP contribution in [0.4, 0.5) is 4.79 Å². The minimum Gasteiger partial charge on any atom is -0.445 e. The fraction of sp³-hybridized carbons (Fsp3) is 0.310. The van der Waals surface area contributed by atoms with Gasteiger partial charge in [-0.2, -0.15) is 0 Å². The molecule has 3 aromatic carbocycles. The van der Waals surface area contributed by atoms with Crippen LogP contribution >= 0.6 is 0 Å². The van der Waals surface area contributed by atoms with Gasteiger partial charge in [0.05, 0.1) is 11.5 Å². The molecule has 3 aromatic rings. The Morgan fingerprint density at radius 3 is 2.26 bits per heavy atom. The molecule has 2 aliphatic rings. The third-order valence-electron chi connectivity index (χ3n) is 7.28. The van der Waals surface area contributed by atoms with Crippen molar-refractivity contribution in [2.24, 2.45) is 0 Å². The van der Waals surface area contributed by atoms with E-state index in [-0.39, 0.29) is 24.6 Å². The van der Waals surface area contributed by atoms with Crippen molar-refractivity contribution in [1.82, 2.24) is 10.2 Å². The van der Waals surface area contributed by atoms with Gasteiger partial charge in [0.2, 0.25) is 5.91 Å². The maximum atomic E-state index is 13.8. The fourth-order valence-electron chi connectivity index (χ4n) is 5.29. The van der Waals surface area contributed by atoms with Crippen LogP contribution in [0.15, 0.2) is 84.9 Å². The standard InChI is InChI=1S/C29H30N2O3/c32-27(30-26-16-15-23-11-7-8-14-25(23)26)29(24-12-5-2-6-13-24)17-19-31(20-18-29)28(33)34-21-22-9-3-1-4-10-22/h1-14,26H,15-21H2,(H,30,32). The van der Waals surface area contributed by atoms with Gasteiger partial charge in [-0.05, 0) is 47.9 Å². The average Bonchev–Trinajstić information content (AvgIpc) is 3.31. The molecule has 34 heavy (non-hydrogen) atoms. The Balaban J connectivity index is 1.29. The number of fused-ring (bicyclic) bond motifs is 1. The number of benzene rings is 3. The minimum atomic E-state index is -0.658. The topological polar surface area (TPSA) is 58.6 Å². The van der Waals surface area contributed by atoms with Gasteiger partial charge in [-0.25, -0.2) is 4.79 Å². The molecule has 1 heterocycles. The van der Waals surface area contributed by atoms with Crippen molar-refractivity contribution < 1.29 is 14.3 Å². The smallest absolute Gasteiger partial charge is 0.410 e. The molecule has 0 radical (unpaired) electrons. The van der Waals surface area contributed by atoms with Crippen LogP contribution < -0.4 is 5.32 Å².